The predicted molar refractivity (Wildman–Crippen MR) is 136 cm³/mol. The summed E-state index contributed by atoms with van der Waals surface area (Å²) in [7, 11) is 1.63. The minimum atomic E-state index is -0.308. The number of methoxy groups -OCH3 is 1. The van der Waals surface area contributed by atoms with Crippen LogP contribution in [-0.2, 0) is 0 Å². The number of likely N-dealkylation sites (tertiary alicyclic amines) is 1. The number of aldehydes is 1. The summed E-state index contributed by atoms with van der Waals surface area (Å²) >= 11 is 0. The van der Waals surface area contributed by atoms with E-state index in [1.54, 1.807) is 19.2 Å². The molecule has 0 radical (unpaired) electrons. The van der Waals surface area contributed by atoms with Gasteiger partial charge in [-0.15, -0.1) is 0 Å². The minimum Gasteiger partial charge on any atom is -0.497 e. The lowest BCUT2D eigenvalue weighted by molar-refractivity contribution is 0.112. The van der Waals surface area contributed by atoms with E-state index in [1.165, 1.54) is 12.1 Å². The molecule has 7 heteroatoms. The van der Waals surface area contributed by atoms with Gasteiger partial charge in [-0.1, -0.05) is 23.4 Å². The van der Waals surface area contributed by atoms with Gasteiger partial charge in [-0.05, 0) is 68.2 Å². The van der Waals surface area contributed by atoms with Gasteiger partial charge in [-0.3, -0.25) is 4.79 Å². The van der Waals surface area contributed by atoms with Crippen molar-refractivity contribution < 1.29 is 23.2 Å². The average molecular weight is 489 g/mol. The second-order valence-corrected chi connectivity index (χ2v) is 9.13. The number of hydrogen-bond donors (Lipinski definition) is 0. The van der Waals surface area contributed by atoms with E-state index in [0.29, 0.717) is 23.7 Å². The summed E-state index contributed by atoms with van der Waals surface area (Å²) in [6.45, 7) is 3.47. The molecule has 0 atom stereocenters. The summed E-state index contributed by atoms with van der Waals surface area (Å²) in [5.41, 5.74) is 3.95. The van der Waals surface area contributed by atoms with Crippen LogP contribution in [0.5, 0.6) is 11.5 Å². The van der Waals surface area contributed by atoms with E-state index < -0.39 is 0 Å². The number of carbonyl (C=O) groups is 1. The fourth-order valence-electron chi connectivity index (χ4n) is 4.89. The molecule has 1 aromatic heterocycles. The Hall–Kier alpha value is -3.71. The number of ether oxygens (including phenoxy) is 2. The molecular formula is C29H29FN2O4. The zero-order chi connectivity index (χ0) is 24.9. The molecule has 4 aromatic rings. The highest BCUT2D eigenvalue weighted by molar-refractivity contribution is 5.81. The topological polar surface area (TPSA) is 64.8 Å². The molecule has 186 valence electrons. The molecule has 0 amide bonds. The summed E-state index contributed by atoms with van der Waals surface area (Å²) in [4.78, 5) is 13.7. The van der Waals surface area contributed by atoms with Gasteiger partial charge >= 0.3 is 0 Å². The van der Waals surface area contributed by atoms with Crippen molar-refractivity contribution in [2.75, 3.05) is 33.4 Å². The molecule has 0 bridgehead atoms. The van der Waals surface area contributed by atoms with Gasteiger partial charge in [0.2, 0.25) is 0 Å². The lowest BCUT2D eigenvalue weighted by atomic mass is 9.91. The van der Waals surface area contributed by atoms with E-state index in [0.717, 1.165) is 78.9 Å². The van der Waals surface area contributed by atoms with Crippen LogP contribution in [-0.4, -0.2) is 49.7 Å². The van der Waals surface area contributed by atoms with Crippen molar-refractivity contribution in [3.05, 3.63) is 77.7 Å². The Kier molecular flexibility index (Phi) is 7.28. The molecule has 1 fully saturated rings. The lowest BCUT2D eigenvalue weighted by Crippen LogP contribution is -2.34. The first-order valence-corrected chi connectivity index (χ1v) is 12.3. The number of piperidine rings is 1. The normalized spacial score (nSPS) is 14.7. The highest BCUT2D eigenvalue weighted by Gasteiger charge is 2.25. The molecule has 1 saturated heterocycles. The Bertz CT molecular complexity index is 1340. The van der Waals surface area contributed by atoms with Crippen LogP contribution in [0.15, 0.2) is 65.2 Å². The van der Waals surface area contributed by atoms with Crippen LogP contribution >= 0.6 is 0 Å². The zero-order valence-corrected chi connectivity index (χ0v) is 20.3. The van der Waals surface area contributed by atoms with E-state index in [4.69, 9.17) is 14.0 Å². The van der Waals surface area contributed by atoms with Crippen molar-refractivity contribution in [1.29, 1.82) is 0 Å². The first-order valence-electron chi connectivity index (χ1n) is 12.3. The molecule has 0 unspecified atom stereocenters. The second kappa shape index (κ2) is 10.9. The van der Waals surface area contributed by atoms with Gasteiger partial charge < -0.3 is 18.9 Å². The van der Waals surface area contributed by atoms with Gasteiger partial charge in [0, 0.05) is 41.1 Å². The molecule has 0 N–H and O–H groups in total. The zero-order valence-electron chi connectivity index (χ0n) is 20.3. The molecule has 0 aliphatic carbocycles. The first-order chi connectivity index (χ1) is 17.6. The molecule has 1 aliphatic rings. The van der Waals surface area contributed by atoms with Crippen LogP contribution in [0.3, 0.4) is 0 Å². The smallest absolute Gasteiger partial charge is 0.170 e. The molecule has 36 heavy (non-hydrogen) atoms. The maximum absolute atomic E-state index is 13.4. The van der Waals surface area contributed by atoms with Gasteiger partial charge in [-0.2, -0.15) is 0 Å². The van der Waals surface area contributed by atoms with E-state index in [9.17, 15) is 9.18 Å². The van der Waals surface area contributed by atoms with E-state index >= 15 is 0 Å². The number of benzene rings is 3. The Morgan fingerprint density at radius 3 is 2.78 bits per heavy atom. The number of carbonyl (C=O) groups excluding carboxylic acids is 1. The van der Waals surface area contributed by atoms with Gasteiger partial charge in [0.15, 0.2) is 5.58 Å². The van der Waals surface area contributed by atoms with E-state index in [-0.39, 0.29) is 5.82 Å². The quantitative estimate of drug-likeness (QED) is 0.209. The number of aromatic nitrogens is 1. The monoisotopic (exact) mass is 488 g/mol. The molecule has 0 saturated carbocycles. The average Bonchev–Trinajstić information content (AvgIpc) is 3.34. The second-order valence-electron chi connectivity index (χ2n) is 9.13. The van der Waals surface area contributed by atoms with Crippen LogP contribution in [0, 0.1) is 5.82 Å². The fraction of sp³-hybridized carbons (Fsp3) is 0.310. The molecule has 6 nitrogen and oxygen atoms in total. The molecular weight excluding hydrogens is 459 g/mol. The minimum absolute atomic E-state index is 0.308. The highest BCUT2D eigenvalue weighted by Crippen LogP contribution is 2.35. The highest BCUT2D eigenvalue weighted by atomic mass is 19.1. The molecule has 0 spiro atoms. The van der Waals surface area contributed by atoms with E-state index in [1.807, 2.05) is 36.4 Å². The van der Waals surface area contributed by atoms with Crippen molar-refractivity contribution in [2.45, 2.75) is 25.2 Å². The van der Waals surface area contributed by atoms with Crippen LogP contribution in [0.2, 0.25) is 0 Å². The van der Waals surface area contributed by atoms with Crippen LogP contribution < -0.4 is 9.47 Å². The van der Waals surface area contributed by atoms with Gasteiger partial charge in [-0.25, -0.2) is 4.39 Å². The van der Waals surface area contributed by atoms with Crippen LogP contribution in [0.4, 0.5) is 4.39 Å². The molecule has 5 rings (SSSR count). The third-order valence-electron chi connectivity index (χ3n) is 6.83. The van der Waals surface area contributed by atoms with Crippen molar-refractivity contribution >= 4 is 17.3 Å². The van der Waals surface area contributed by atoms with Crippen molar-refractivity contribution in [3.8, 4) is 22.6 Å². The first kappa shape index (κ1) is 24.0. The Morgan fingerprint density at radius 2 is 1.97 bits per heavy atom. The maximum Gasteiger partial charge on any atom is 0.170 e. The summed E-state index contributed by atoms with van der Waals surface area (Å²) in [5.74, 6) is 1.49. The largest absolute Gasteiger partial charge is 0.497 e. The SMILES string of the molecule is COc1ccc(-c2cccc(C=O)c2)c(OCCCN2CCC(c3noc4cc(F)ccc34)CC2)c1. The molecule has 1 aliphatic heterocycles. The summed E-state index contributed by atoms with van der Waals surface area (Å²) in [6, 6.07) is 17.9. The van der Waals surface area contributed by atoms with Gasteiger partial charge in [0.1, 0.15) is 23.6 Å². The number of halogens is 1. The van der Waals surface area contributed by atoms with Crippen LogP contribution in [0.25, 0.3) is 22.1 Å². The van der Waals surface area contributed by atoms with Crippen LogP contribution in [0.1, 0.15) is 41.2 Å². The summed E-state index contributed by atoms with van der Waals surface area (Å²) in [5, 5.41) is 5.16. The lowest BCUT2D eigenvalue weighted by Gasteiger charge is -2.31. The number of rotatable bonds is 9. The third-order valence-corrected chi connectivity index (χ3v) is 6.83. The van der Waals surface area contributed by atoms with Gasteiger partial charge in [0.05, 0.1) is 19.4 Å². The van der Waals surface area contributed by atoms with E-state index in [2.05, 4.69) is 10.1 Å². The van der Waals surface area contributed by atoms with Gasteiger partial charge in [0.25, 0.3) is 0 Å². The molecule has 3 aromatic carbocycles. The molecule has 2 heterocycles. The maximum atomic E-state index is 13.4. The number of hydrogen-bond acceptors (Lipinski definition) is 6. The van der Waals surface area contributed by atoms with Crippen molar-refractivity contribution in [3.63, 3.8) is 0 Å². The number of fused-ring (bicyclic) bond motifs is 1. The fourth-order valence-corrected chi connectivity index (χ4v) is 4.89. The summed E-state index contributed by atoms with van der Waals surface area (Å²) < 4.78 is 30.4. The predicted octanol–water partition coefficient (Wildman–Crippen LogP) is 6.10. The Balaban J connectivity index is 1.15. The van der Waals surface area contributed by atoms with Crippen molar-refractivity contribution in [2.24, 2.45) is 0 Å². The summed E-state index contributed by atoms with van der Waals surface area (Å²) in [6.07, 6.45) is 3.73. The third kappa shape index (κ3) is 5.26. The Labute approximate surface area is 209 Å². The standard InChI is InChI=1S/C29H29FN2O4/c1-34-24-7-9-25(22-5-2-4-20(16-22)19-33)27(18-24)35-15-3-12-32-13-10-21(11-14-32)29-26-8-6-23(30)17-28(26)36-31-29/h2,4-9,16-19,21H,3,10-15H2,1H3. The Morgan fingerprint density at radius 1 is 1.11 bits per heavy atom. The van der Waals surface area contributed by atoms with Crippen molar-refractivity contribution in [1.82, 2.24) is 10.1 Å². The number of nitrogens with zero attached hydrogens (tertiary/aromatic N) is 2.